The number of carbonyl (C=O) groups excluding carboxylic acids is 1. The molecule has 0 radical (unpaired) electrons. The molecular formula is C26H25FN2O4. The molecule has 6 nitrogen and oxygen atoms in total. The summed E-state index contributed by atoms with van der Waals surface area (Å²) in [5, 5.41) is 11.0. The Morgan fingerprint density at radius 3 is 2.70 bits per heavy atom. The third-order valence-electron chi connectivity index (χ3n) is 5.67. The number of carbonyl (C=O) groups is 1. The maximum Gasteiger partial charge on any atom is 0.305 e. The van der Waals surface area contributed by atoms with E-state index in [4.69, 9.17) is 9.47 Å². The van der Waals surface area contributed by atoms with Crippen LogP contribution in [0.5, 0.6) is 5.75 Å². The van der Waals surface area contributed by atoms with Crippen LogP contribution in [0.25, 0.3) is 21.9 Å². The molecule has 4 rings (SSSR count). The largest absolute Gasteiger partial charge is 0.494 e. The normalized spacial score (nSPS) is 13.0. The molecule has 7 heteroatoms. The van der Waals surface area contributed by atoms with Crippen molar-refractivity contribution in [2.75, 3.05) is 13.2 Å². The summed E-state index contributed by atoms with van der Waals surface area (Å²) in [5.74, 6) is -0.0922. The lowest BCUT2D eigenvalue weighted by Gasteiger charge is -2.16. The van der Waals surface area contributed by atoms with Crippen LogP contribution in [-0.2, 0) is 9.53 Å². The minimum atomic E-state index is -0.414. The highest BCUT2D eigenvalue weighted by Crippen LogP contribution is 2.39. The van der Waals surface area contributed by atoms with Gasteiger partial charge in [0.15, 0.2) is 0 Å². The van der Waals surface area contributed by atoms with Gasteiger partial charge in [0.25, 0.3) is 5.56 Å². The van der Waals surface area contributed by atoms with Gasteiger partial charge in [-0.2, -0.15) is 5.26 Å². The molecule has 0 unspecified atom stereocenters. The molecule has 1 fully saturated rings. The van der Waals surface area contributed by atoms with Crippen molar-refractivity contribution in [2.45, 2.75) is 45.1 Å². The van der Waals surface area contributed by atoms with Gasteiger partial charge in [0.1, 0.15) is 23.3 Å². The second kappa shape index (κ2) is 9.86. The number of pyridine rings is 1. The van der Waals surface area contributed by atoms with Crippen LogP contribution in [0.3, 0.4) is 0 Å². The number of hydrogen-bond donors (Lipinski definition) is 0. The average molecular weight is 448 g/mol. The predicted molar refractivity (Wildman–Crippen MR) is 123 cm³/mol. The van der Waals surface area contributed by atoms with Crippen LogP contribution in [0.4, 0.5) is 4.39 Å². The first-order chi connectivity index (χ1) is 16.0. The number of nitrogens with zero attached hydrogens (tertiary/aromatic N) is 2. The van der Waals surface area contributed by atoms with E-state index in [1.807, 2.05) is 0 Å². The lowest BCUT2D eigenvalue weighted by molar-refractivity contribution is -0.143. The number of esters is 1. The van der Waals surface area contributed by atoms with E-state index in [0.717, 1.165) is 12.8 Å². The molecule has 0 spiro atoms. The molecule has 33 heavy (non-hydrogen) atoms. The number of rotatable bonds is 9. The zero-order valence-electron chi connectivity index (χ0n) is 18.5. The Bertz CT molecular complexity index is 1290. The monoisotopic (exact) mass is 448 g/mol. The van der Waals surface area contributed by atoms with Crippen LogP contribution in [0.2, 0.25) is 0 Å². The van der Waals surface area contributed by atoms with Crippen LogP contribution >= 0.6 is 0 Å². The van der Waals surface area contributed by atoms with E-state index in [-0.39, 0.29) is 23.3 Å². The van der Waals surface area contributed by atoms with Crippen LogP contribution < -0.4 is 10.3 Å². The van der Waals surface area contributed by atoms with Gasteiger partial charge in [0, 0.05) is 28.8 Å². The first-order valence-electron chi connectivity index (χ1n) is 11.2. The number of benzene rings is 2. The molecule has 0 amide bonds. The highest BCUT2D eigenvalue weighted by atomic mass is 19.1. The Labute approximate surface area is 191 Å². The van der Waals surface area contributed by atoms with Crippen LogP contribution in [0, 0.1) is 17.1 Å². The number of aromatic nitrogens is 1. The highest BCUT2D eigenvalue weighted by molar-refractivity contribution is 5.99. The molecule has 1 saturated carbocycles. The first-order valence-corrected chi connectivity index (χ1v) is 11.2. The molecule has 1 heterocycles. The van der Waals surface area contributed by atoms with Crippen LogP contribution in [-0.4, -0.2) is 23.8 Å². The van der Waals surface area contributed by atoms with E-state index in [2.05, 4.69) is 6.07 Å². The maximum absolute atomic E-state index is 14.1. The number of unbranched alkanes of at least 4 members (excludes halogenated alkanes) is 1. The fraction of sp³-hybridized carbons (Fsp3) is 0.346. The van der Waals surface area contributed by atoms with Gasteiger partial charge in [-0.1, -0.05) is 12.1 Å². The molecule has 0 bridgehead atoms. The number of hydrogen-bond acceptors (Lipinski definition) is 5. The number of halogens is 1. The number of nitriles is 1. The van der Waals surface area contributed by atoms with Crippen molar-refractivity contribution in [3.8, 4) is 22.9 Å². The zero-order valence-corrected chi connectivity index (χ0v) is 18.5. The molecule has 0 aliphatic heterocycles. The maximum atomic E-state index is 14.1. The fourth-order valence-corrected chi connectivity index (χ4v) is 4.01. The van der Waals surface area contributed by atoms with Gasteiger partial charge in [0.05, 0.1) is 13.2 Å². The van der Waals surface area contributed by atoms with E-state index in [1.54, 1.807) is 41.8 Å². The molecule has 1 aliphatic rings. The summed E-state index contributed by atoms with van der Waals surface area (Å²) in [7, 11) is 0. The summed E-state index contributed by atoms with van der Waals surface area (Å²) in [6, 6.07) is 13.4. The topological polar surface area (TPSA) is 81.3 Å². The van der Waals surface area contributed by atoms with Gasteiger partial charge in [0.2, 0.25) is 0 Å². The number of fused-ring (bicyclic) bond motifs is 1. The molecule has 0 saturated heterocycles. The molecule has 1 aromatic heterocycles. The van der Waals surface area contributed by atoms with Crippen molar-refractivity contribution in [3.63, 3.8) is 0 Å². The molecule has 0 N–H and O–H groups in total. The summed E-state index contributed by atoms with van der Waals surface area (Å²) < 4.78 is 26.4. The molecule has 1 aliphatic carbocycles. The molecule has 170 valence electrons. The van der Waals surface area contributed by atoms with Crippen LogP contribution in [0.1, 0.15) is 50.8 Å². The predicted octanol–water partition coefficient (Wildman–Crippen LogP) is 5.13. The van der Waals surface area contributed by atoms with Crippen molar-refractivity contribution < 1.29 is 18.7 Å². The van der Waals surface area contributed by atoms with Crippen molar-refractivity contribution >= 4 is 16.7 Å². The second-order valence-corrected chi connectivity index (χ2v) is 8.07. The smallest absolute Gasteiger partial charge is 0.305 e. The lowest BCUT2D eigenvalue weighted by atomic mass is 9.96. The van der Waals surface area contributed by atoms with E-state index < -0.39 is 5.82 Å². The van der Waals surface area contributed by atoms with Gasteiger partial charge in [-0.3, -0.25) is 14.2 Å². The summed E-state index contributed by atoms with van der Waals surface area (Å²) >= 11 is 0. The Morgan fingerprint density at radius 1 is 1.18 bits per heavy atom. The van der Waals surface area contributed by atoms with Crippen LogP contribution in [0.15, 0.2) is 47.3 Å². The third kappa shape index (κ3) is 4.90. The third-order valence-corrected chi connectivity index (χ3v) is 5.67. The van der Waals surface area contributed by atoms with E-state index in [9.17, 15) is 19.2 Å². The quantitative estimate of drug-likeness (QED) is 0.335. The van der Waals surface area contributed by atoms with E-state index in [1.165, 1.54) is 12.1 Å². The zero-order chi connectivity index (χ0) is 23.4. The van der Waals surface area contributed by atoms with Crippen molar-refractivity contribution in [3.05, 3.63) is 64.3 Å². The van der Waals surface area contributed by atoms with E-state index >= 15 is 0 Å². The minimum absolute atomic E-state index is 0.000756. The molecule has 2 aromatic carbocycles. The Hall–Kier alpha value is -3.66. The van der Waals surface area contributed by atoms with Crippen molar-refractivity contribution in [2.24, 2.45) is 0 Å². The van der Waals surface area contributed by atoms with Crippen molar-refractivity contribution in [1.82, 2.24) is 4.57 Å². The first kappa shape index (κ1) is 22.5. The highest BCUT2D eigenvalue weighted by Gasteiger charge is 2.30. The SMILES string of the molecule is CCOC(=O)CCCCOc1ccc2c(=O)n(C3CC3)c(C#N)c(-c3cccc(F)c3)c2c1. The van der Waals surface area contributed by atoms with Gasteiger partial charge in [-0.25, -0.2) is 4.39 Å². The fourth-order valence-electron chi connectivity index (χ4n) is 4.01. The summed E-state index contributed by atoms with van der Waals surface area (Å²) in [4.78, 5) is 24.7. The Kier molecular flexibility index (Phi) is 6.74. The number of ether oxygens (including phenoxy) is 2. The molecule has 3 aromatic rings. The Morgan fingerprint density at radius 2 is 2.00 bits per heavy atom. The summed E-state index contributed by atoms with van der Waals surface area (Å²) in [6.45, 7) is 2.54. The standard InChI is InChI=1S/C26H25FN2O4/c1-2-32-24(30)8-3-4-13-33-20-11-12-21-22(15-20)25(17-6-5-7-18(27)14-17)23(16-28)29(26(21)31)19-9-10-19/h5-7,11-12,14-15,19H,2-4,8-10,13H2,1H3. The Balaban J connectivity index is 1.69. The minimum Gasteiger partial charge on any atom is -0.494 e. The van der Waals surface area contributed by atoms with Gasteiger partial charge in [-0.05, 0) is 68.5 Å². The van der Waals surface area contributed by atoms with Gasteiger partial charge < -0.3 is 9.47 Å². The molecular weight excluding hydrogens is 423 g/mol. The van der Waals surface area contributed by atoms with E-state index in [0.29, 0.717) is 60.1 Å². The summed E-state index contributed by atoms with van der Waals surface area (Å²) in [5.41, 5.74) is 1.10. The van der Waals surface area contributed by atoms with Crippen molar-refractivity contribution in [1.29, 1.82) is 5.26 Å². The van der Waals surface area contributed by atoms with Gasteiger partial charge in [-0.15, -0.1) is 0 Å². The molecule has 0 atom stereocenters. The second-order valence-electron chi connectivity index (χ2n) is 8.07. The lowest BCUT2D eigenvalue weighted by Crippen LogP contribution is -2.23. The average Bonchev–Trinajstić information content (AvgIpc) is 3.63. The van der Waals surface area contributed by atoms with Gasteiger partial charge >= 0.3 is 5.97 Å². The summed E-state index contributed by atoms with van der Waals surface area (Å²) in [6.07, 6.45) is 3.34.